The predicted octanol–water partition coefficient (Wildman–Crippen LogP) is 1.51. The molecule has 0 bridgehead atoms. The summed E-state index contributed by atoms with van der Waals surface area (Å²) >= 11 is 0. The Bertz CT molecular complexity index is 333. The van der Waals surface area contributed by atoms with Crippen LogP contribution in [0.2, 0.25) is 0 Å². The third kappa shape index (κ3) is 5.04. The molecule has 0 aliphatic heterocycles. The Balaban J connectivity index is 4.93. The third-order valence-electron chi connectivity index (χ3n) is 2.33. The average Bonchev–Trinajstić information content (AvgIpc) is 2.25. The zero-order chi connectivity index (χ0) is 15.4. The summed E-state index contributed by atoms with van der Waals surface area (Å²) in [6.07, 6.45) is -4.02. The number of alkyl halides is 4. The van der Waals surface area contributed by atoms with Gasteiger partial charge in [0.15, 0.2) is 0 Å². The molecular weight excluding hydrogens is 268 g/mol. The van der Waals surface area contributed by atoms with E-state index in [9.17, 15) is 27.2 Å². The number of nitrogens with zero attached hydrogens (tertiary/aromatic N) is 1. The molecule has 8 heteroatoms. The first-order valence-electron chi connectivity index (χ1n) is 5.68. The van der Waals surface area contributed by atoms with Crippen molar-refractivity contribution in [2.45, 2.75) is 38.7 Å². The molecule has 4 nitrogen and oxygen atoms in total. The molecule has 112 valence electrons. The zero-order valence-electron chi connectivity index (χ0n) is 11.2. The van der Waals surface area contributed by atoms with Crippen molar-refractivity contribution >= 4 is 11.8 Å². The second-order valence-electron chi connectivity index (χ2n) is 4.81. The monoisotopic (exact) mass is 286 g/mol. The Hall–Kier alpha value is -1.34. The van der Waals surface area contributed by atoms with E-state index >= 15 is 0 Å². The van der Waals surface area contributed by atoms with Gasteiger partial charge in [-0.1, -0.05) is 13.8 Å². The lowest BCUT2D eigenvalue weighted by atomic mass is 10.0. The topological polar surface area (TPSA) is 49.4 Å². The number of hydrogen-bond donors (Lipinski definition) is 1. The second-order valence-corrected chi connectivity index (χ2v) is 4.81. The largest absolute Gasteiger partial charge is 0.383 e. The first-order chi connectivity index (χ1) is 8.50. The average molecular weight is 286 g/mol. The molecule has 0 heterocycles. The highest BCUT2D eigenvalue weighted by Crippen LogP contribution is 2.23. The summed E-state index contributed by atoms with van der Waals surface area (Å²) < 4.78 is 49.7. The third-order valence-corrected chi connectivity index (χ3v) is 2.33. The maximum atomic E-state index is 12.8. The highest BCUT2D eigenvalue weighted by atomic mass is 19.3. The van der Waals surface area contributed by atoms with Crippen molar-refractivity contribution in [1.29, 1.82) is 0 Å². The molecule has 1 atom stereocenters. The molecule has 0 rings (SSSR count). The fourth-order valence-corrected chi connectivity index (χ4v) is 1.36. The smallest absolute Gasteiger partial charge is 0.347 e. The molecule has 0 saturated heterocycles. The van der Waals surface area contributed by atoms with Gasteiger partial charge in [0.05, 0.1) is 0 Å². The van der Waals surface area contributed by atoms with Gasteiger partial charge >= 0.3 is 12.3 Å². The van der Waals surface area contributed by atoms with Gasteiger partial charge in [-0.25, -0.2) is 8.78 Å². The fraction of sp³-hybridized carbons (Fsp3) is 0.818. The molecule has 0 aromatic carbocycles. The molecule has 1 unspecified atom stereocenters. The molecular formula is C11H18F4N2O2. The van der Waals surface area contributed by atoms with E-state index in [2.05, 4.69) is 0 Å². The van der Waals surface area contributed by atoms with Crippen LogP contribution in [0.4, 0.5) is 17.6 Å². The maximum Gasteiger partial charge on any atom is 0.383 e. The Labute approximate surface area is 109 Å². The Kier molecular flexibility index (Phi) is 6.24. The predicted molar refractivity (Wildman–Crippen MR) is 61.0 cm³/mol. The molecule has 0 fully saturated rings. The van der Waals surface area contributed by atoms with Gasteiger partial charge in [-0.2, -0.15) is 8.78 Å². The first-order valence-corrected chi connectivity index (χ1v) is 5.68. The van der Waals surface area contributed by atoms with E-state index in [1.165, 1.54) is 14.1 Å². The van der Waals surface area contributed by atoms with Gasteiger partial charge in [0, 0.05) is 14.1 Å². The lowest BCUT2D eigenvalue weighted by Crippen LogP contribution is -2.53. The summed E-state index contributed by atoms with van der Waals surface area (Å²) in [6, 6.07) is -1.24. The van der Waals surface area contributed by atoms with Gasteiger partial charge in [-0.05, 0) is 12.3 Å². The van der Waals surface area contributed by atoms with Crippen LogP contribution in [0, 0.1) is 5.92 Å². The minimum Gasteiger partial charge on any atom is -0.347 e. The van der Waals surface area contributed by atoms with E-state index in [4.69, 9.17) is 0 Å². The number of likely N-dealkylation sites (N-methyl/N-ethyl adjacent to an activating group) is 1. The van der Waals surface area contributed by atoms with E-state index < -0.39 is 30.2 Å². The molecule has 0 spiro atoms. The van der Waals surface area contributed by atoms with E-state index in [0.29, 0.717) is 0 Å². The summed E-state index contributed by atoms with van der Waals surface area (Å²) in [5.74, 6) is -7.63. The number of carbonyl (C=O) groups is 2. The van der Waals surface area contributed by atoms with Crippen LogP contribution in [-0.2, 0) is 9.59 Å². The van der Waals surface area contributed by atoms with Crippen molar-refractivity contribution in [3.8, 4) is 0 Å². The normalized spacial score (nSPS) is 13.6. The van der Waals surface area contributed by atoms with Gasteiger partial charge in [0.25, 0.3) is 5.91 Å². The summed E-state index contributed by atoms with van der Waals surface area (Å²) in [4.78, 5) is 23.9. The number of carbonyl (C=O) groups excluding carboxylic acids is 2. The quantitative estimate of drug-likeness (QED) is 0.752. The molecule has 0 aliphatic carbocycles. The Morgan fingerprint density at radius 3 is 2.00 bits per heavy atom. The Morgan fingerprint density at radius 2 is 1.68 bits per heavy atom. The van der Waals surface area contributed by atoms with Crippen molar-refractivity contribution in [3.63, 3.8) is 0 Å². The summed E-state index contributed by atoms with van der Waals surface area (Å²) in [6.45, 7) is 3.43. The zero-order valence-corrected chi connectivity index (χ0v) is 11.2. The van der Waals surface area contributed by atoms with Crippen LogP contribution < -0.4 is 5.32 Å². The number of halogens is 4. The number of nitrogens with one attached hydrogen (secondary N) is 1. The summed E-state index contributed by atoms with van der Waals surface area (Å²) in [7, 11) is 2.76. The van der Waals surface area contributed by atoms with Gasteiger partial charge in [0.2, 0.25) is 5.91 Å². The van der Waals surface area contributed by atoms with Gasteiger partial charge < -0.3 is 10.2 Å². The second kappa shape index (κ2) is 6.72. The molecule has 0 saturated carbocycles. The molecule has 0 aromatic heterocycles. The van der Waals surface area contributed by atoms with Gasteiger partial charge in [-0.3, -0.25) is 9.59 Å². The van der Waals surface area contributed by atoms with E-state index in [1.54, 1.807) is 19.2 Å². The van der Waals surface area contributed by atoms with E-state index in [1.807, 2.05) is 0 Å². The van der Waals surface area contributed by atoms with E-state index in [-0.39, 0.29) is 12.3 Å². The minimum absolute atomic E-state index is 0.0747. The van der Waals surface area contributed by atoms with Crippen molar-refractivity contribution in [2.75, 3.05) is 14.1 Å². The maximum absolute atomic E-state index is 12.8. The van der Waals surface area contributed by atoms with Crippen LogP contribution in [0.3, 0.4) is 0 Å². The fourth-order valence-electron chi connectivity index (χ4n) is 1.36. The van der Waals surface area contributed by atoms with Crippen LogP contribution in [0.15, 0.2) is 0 Å². The van der Waals surface area contributed by atoms with Crippen LogP contribution in [0.1, 0.15) is 20.3 Å². The van der Waals surface area contributed by atoms with Crippen LogP contribution in [-0.4, -0.2) is 49.2 Å². The van der Waals surface area contributed by atoms with Crippen molar-refractivity contribution in [3.05, 3.63) is 0 Å². The Morgan fingerprint density at radius 1 is 1.21 bits per heavy atom. The van der Waals surface area contributed by atoms with E-state index in [0.717, 1.165) is 4.90 Å². The SMILES string of the molecule is CC(C)CC(NC(=O)C(F)(F)C(F)F)C(=O)N(C)C. The molecule has 2 amide bonds. The van der Waals surface area contributed by atoms with Crippen LogP contribution in [0.5, 0.6) is 0 Å². The summed E-state index contributed by atoms with van der Waals surface area (Å²) in [5.41, 5.74) is 0. The van der Waals surface area contributed by atoms with Crippen LogP contribution >= 0.6 is 0 Å². The van der Waals surface area contributed by atoms with Crippen molar-refractivity contribution in [2.24, 2.45) is 5.92 Å². The molecule has 0 aliphatic rings. The highest BCUT2D eigenvalue weighted by Gasteiger charge is 2.49. The highest BCUT2D eigenvalue weighted by molar-refractivity contribution is 5.90. The standard InChI is InChI=1S/C11H18F4N2O2/c1-6(2)5-7(8(18)17(3)4)16-10(19)11(14,15)9(12)13/h6-7,9H,5H2,1-4H3,(H,16,19). The lowest BCUT2D eigenvalue weighted by molar-refractivity contribution is -0.171. The molecule has 19 heavy (non-hydrogen) atoms. The van der Waals surface area contributed by atoms with Gasteiger partial charge in [0.1, 0.15) is 6.04 Å². The van der Waals surface area contributed by atoms with Crippen LogP contribution in [0.25, 0.3) is 0 Å². The molecule has 0 aromatic rings. The molecule has 1 N–H and O–H groups in total. The van der Waals surface area contributed by atoms with Crippen molar-refractivity contribution < 1.29 is 27.2 Å². The number of rotatable bonds is 6. The van der Waals surface area contributed by atoms with Crippen molar-refractivity contribution in [1.82, 2.24) is 10.2 Å². The molecule has 0 radical (unpaired) electrons. The van der Waals surface area contributed by atoms with Gasteiger partial charge in [-0.15, -0.1) is 0 Å². The first kappa shape index (κ1) is 17.7. The minimum atomic E-state index is -4.80. The number of hydrogen-bond acceptors (Lipinski definition) is 2. The lowest BCUT2D eigenvalue weighted by Gasteiger charge is -2.25. The summed E-state index contributed by atoms with van der Waals surface area (Å²) in [5, 5.41) is 1.69. The number of amides is 2.